The Bertz CT molecular complexity index is 981. The zero-order valence-electron chi connectivity index (χ0n) is 15.8. The van der Waals surface area contributed by atoms with Gasteiger partial charge in [0, 0.05) is 10.8 Å². The number of carbonyl (C=O) groups is 1. The minimum atomic E-state index is -0.216. The lowest BCUT2D eigenvalue weighted by Crippen LogP contribution is -2.19. The minimum absolute atomic E-state index is 0.202. The minimum Gasteiger partial charge on any atom is -0.493 e. The summed E-state index contributed by atoms with van der Waals surface area (Å²) >= 11 is 3.10. The largest absolute Gasteiger partial charge is 0.493 e. The molecule has 146 valence electrons. The molecule has 3 rings (SSSR count). The number of aromatic nitrogens is 2. The summed E-state index contributed by atoms with van der Waals surface area (Å²) in [5.41, 5.74) is 4.91. The lowest BCUT2D eigenvalue weighted by molar-refractivity contribution is -0.120. The van der Waals surface area contributed by atoms with Crippen LogP contribution in [0, 0.1) is 13.8 Å². The van der Waals surface area contributed by atoms with Crippen LogP contribution in [-0.4, -0.2) is 29.2 Å². The molecule has 7 nitrogen and oxygen atoms in total. The number of hydrogen-bond donors (Lipinski definition) is 1. The van der Waals surface area contributed by atoms with E-state index < -0.39 is 0 Å². The number of nitrogens with zero attached hydrogens (tertiary/aromatic N) is 3. The summed E-state index contributed by atoms with van der Waals surface area (Å²) in [5, 5.41) is 9.77. The summed E-state index contributed by atoms with van der Waals surface area (Å²) in [6, 6.07) is 5.43. The summed E-state index contributed by atoms with van der Waals surface area (Å²) < 4.78 is 11.2. The van der Waals surface area contributed by atoms with Crippen molar-refractivity contribution in [3.8, 4) is 11.5 Å². The highest BCUT2D eigenvalue weighted by atomic mass is 32.1. The fourth-order valence-electron chi connectivity index (χ4n) is 2.38. The second-order valence-corrected chi connectivity index (χ2v) is 8.01. The highest BCUT2D eigenvalue weighted by Crippen LogP contribution is 2.28. The molecule has 28 heavy (non-hydrogen) atoms. The molecule has 3 aromatic rings. The number of ether oxygens (including phenoxy) is 2. The molecule has 0 spiro atoms. The summed E-state index contributed by atoms with van der Waals surface area (Å²) in [4.78, 5) is 20.5. The zero-order chi connectivity index (χ0) is 19.9. The van der Waals surface area contributed by atoms with Crippen molar-refractivity contribution in [2.45, 2.75) is 26.9 Å². The average molecular weight is 417 g/mol. The van der Waals surface area contributed by atoms with Crippen LogP contribution in [0.5, 0.6) is 11.5 Å². The third-order valence-electron chi connectivity index (χ3n) is 3.64. The van der Waals surface area contributed by atoms with Crippen molar-refractivity contribution in [1.82, 2.24) is 15.4 Å². The molecule has 0 fully saturated rings. The standard InChI is InChI=1S/C19H20N4O3S2/c1-12-21-15(10-27-12)7-19(24)23-20-8-14-4-5-17(18(6-14)25-3)26-9-16-11-28-13(2)22-16/h4-6,8,10-11H,7,9H2,1-3H3,(H,23,24)/b20-8-. The third-order valence-corrected chi connectivity index (χ3v) is 5.29. The molecule has 0 saturated carbocycles. The molecular weight excluding hydrogens is 396 g/mol. The van der Waals surface area contributed by atoms with Gasteiger partial charge >= 0.3 is 0 Å². The van der Waals surface area contributed by atoms with Gasteiger partial charge in [-0.05, 0) is 37.6 Å². The first-order valence-electron chi connectivity index (χ1n) is 8.48. The molecular formula is C19H20N4O3S2. The van der Waals surface area contributed by atoms with Crippen molar-refractivity contribution in [3.05, 3.63) is 55.9 Å². The number of hydrazone groups is 1. The van der Waals surface area contributed by atoms with E-state index in [2.05, 4.69) is 20.5 Å². The van der Waals surface area contributed by atoms with E-state index in [-0.39, 0.29) is 12.3 Å². The molecule has 1 aromatic carbocycles. The van der Waals surface area contributed by atoms with Gasteiger partial charge in [0.15, 0.2) is 11.5 Å². The Kier molecular flexibility index (Phi) is 6.72. The third kappa shape index (κ3) is 5.61. The van der Waals surface area contributed by atoms with E-state index in [4.69, 9.17) is 9.47 Å². The second kappa shape index (κ2) is 9.43. The smallest absolute Gasteiger partial charge is 0.246 e. The number of carbonyl (C=O) groups excluding carboxylic acids is 1. The number of hydrogen-bond acceptors (Lipinski definition) is 8. The van der Waals surface area contributed by atoms with Gasteiger partial charge in [-0.25, -0.2) is 15.4 Å². The molecule has 0 aliphatic rings. The topological polar surface area (TPSA) is 85.7 Å². The van der Waals surface area contributed by atoms with Crippen LogP contribution < -0.4 is 14.9 Å². The van der Waals surface area contributed by atoms with Crippen molar-refractivity contribution >= 4 is 34.8 Å². The molecule has 1 amide bonds. The Labute approximate surface area is 171 Å². The molecule has 1 N–H and O–H groups in total. The van der Waals surface area contributed by atoms with Crippen molar-refractivity contribution in [3.63, 3.8) is 0 Å². The van der Waals surface area contributed by atoms with Crippen LogP contribution in [0.3, 0.4) is 0 Å². The van der Waals surface area contributed by atoms with E-state index in [0.717, 1.165) is 27.0 Å². The average Bonchev–Trinajstić information content (AvgIpc) is 3.28. The van der Waals surface area contributed by atoms with Crippen LogP contribution in [0.4, 0.5) is 0 Å². The van der Waals surface area contributed by atoms with Crippen LogP contribution >= 0.6 is 22.7 Å². The number of aryl methyl sites for hydroxylation is 2. The van der Waals surface area contributed by atoms with Gasteiger partial charge in [0.05, 0.1) is 41.1 Å². The highest BCUT2D eigenvalue weighted by Gasteiger charge is 2.08. The monoisotopic (exact) mass is 416 g/mol. The number of rotatable bonds is 8. The van der Waals surface area contributed by atoms with Crippen molar-refractivity contribution in [2.24, 2.45) is 5.10 Å². The molecule has 9 heteroatoms. The Morgan fingerprint density at radius 3 is 2.50 bits per heavy atom. The van der Waals surface area contributed by atoms with E-state index in [0.29, 0.717) is 18.1 Å². The van der Waals surface area contributed by atoms with E-state index in [1.165, 1.54) is 11.3 Å². The number of benzene rings is 1. The van der Waals surface area contributed by atoms with Crippen LogP contribution in [0.25, 0.3) is 0 Å². The molecule has 2 heterocycles. The number of nitrogens with one attached hydrogen (secondary N) is 1. The maximum atomic E-state index is 11.9. The van der Waals surface area contributed by atoms with Gasteiger partial charge in [-0.15, -0.1) is 22.7 Å². The first-order valence-corrected chi connectivity index (χ1v) is 10.2. The quantitative estimate of drug-likeness (QED) is 0.449. The number of thiazole rings is 2. The number of methoxy groups -OCH3 is 1. The highest BCUT2D eigenvalue weighted by molar-refractivity contribution is 7.09. The normalized spacial score (nSPS) is 11.0. The van der Waals surface area contributed by atoms with Gasteiger partial charge < -0.3 is 9.47 Å². The molecule has 0 radical (unpaired) electrons. The first kappa shape index (κ1) is 20.0. The van der Waals surface area contributed by atoms with Crippen molar-refractivity contribution in [2.75, 3.05) is 7.11 Å². The van der Waals surface area contributed by atoms with Gasteiger partial charge in [-0.3, -0.25) is 4.79 Å². The van der Waals surface area contributed by atoms with Crippen molar-refractivity contribution < 1.29 is 14.3 Å². The predicted octanol–water partition coefficient (Wildman–Crippen LogP) is 3.50. The maximum absolute atomic E-state index is 11.9. The van der Waals surface area contributed by atoms with Crippen LogP contribution in [-0.2, 0) is 17.8 Å². The molecule has 0 aliphatic heterocycles. The summed E-state index contributed by atoms with van der Waals surface area (Å²) in [6.07, 6.45) is 1.76. The first-order chi connectivity index (χ1) is 13.5. The molecule has 0 unspecified atom stereocenters. The summed E-state index contributed by atoms with van der Waals surface area (Å²) in [7, 11) is 1.58. The SMILES string of the molecule is COc1cc(/C=N\NC(=O)Cc2csc(C)n2)ccc1OCc1csc(C)n1. The Morgan fingerprint density at radius 1 is 1.14 bits per heavy atom. The lowest BCUT2D eigenvalue weighted by atomic mass is 10.2. The Balaban J connectivity index is 1.56. The van der Waals surface area contributed by atoms with Crippen LogP contribution in [0.1, 0.15) is 27.0 Å². The summed E-state index contributed by atoms with van der Waals surface area (Å²) in [5.74, 6) is 0.987. The van der Waals surface area contributed by atoms with Crippen LogP contribution in [0.15, 0.2) is 34.1 Å². The van der Waals surface area contributed by atoms with Gasteiger partial charge in [0.2, 0.25) is 5.91 Å². The molecule has 0 atom stereocenters. The fourth-order valence-corrected chi connectivity index (χ4v) is 3.59. The lowest BCUT2D eigenvalue weighted by Gasteiger charge is -2.10. The van der Waals surface area contributed by atoms with Gasteiger partial charge in [0.1, 0.15) is 6.61 Å². The Morgan fingerprint density at radius 2 is 1.86 bits per heavy atom. The number of amides is 1. The van der Waals surface area contributed by atoms with Gasteiger partial charge in [0.25, 0.3) is 0 Å². The Hall–Kier alpha value is -2.78. The van der Waals surface area contributed by atoms with E-state index in [1.54, 1.807) is 36.8 Å². The van der Waals surface area contributed by atoms with Gasteiger partial charge in [-0.2, -0.15) is 5.10 Å². The predicted molar refractivity (Wildman–Crippen MR) is 110 cm³/mol. The molecule has 2 aromatic heterocycles. The molecule has 0 saturated heterocycles. The van der Waals surface area contributed by atoms with Crippen molar-refractivity contribution in [1.29, 1.82) is 0 Å². The second-order valence-electron chi connectivity index (χ2n) is 5.88. The molecule has 0 aliphatic carbocycles. The maximum Gasteiger partial charge on any atom is 0.246 e. The fraction of sp³-hybridized carbons (Fsp3) is 0.263. The zero-order valence-corrected chi connectivity index (χ0v) is 17.4. The molecule has 0 bridgehead atoms. The van der Waals surface area contributed by atoms with Gasteiger partial charge in [-0.1, -0.05) is 0 Å². The van der Waals surface area contributed by atoms with Crippen LogP contribution in [0.2, 0.25) is 0 Å². The van der Waals surface area contributed by atoms with E-state index in [1.807, 2.05) is 30.7 Å². The van der Waals surface area contributed by atoms with E-state index >= 15 is 0 Å². The van der Waals surface area contributed by atoms with E-state index in [9.17, 15) is 4.79 Å². The summed E-state index contributed by atoms with van der Waals surface area (Å²) in [6.45, 7) is 4.24.